The highest BCUT2D eigenvalue weighted by Crippen LogP contribution is 2.29. The van der Waals surface area contributed by atoms with Crippen molar-refractivity contribution in [2.45, 2.75) is 31.8 Å². The number of rotatable bonds is 4. The zero-order chi connectivity index (χ0) is 18.3. The van der Waals surface area contributed by atoms with E-state index in [0.717, 1.165) is 5.56 Å². The molecule has 5 heteroatoms. The Labute approximate surface area is 152 Å². The monoisotopic (exact) mass is 348 g/mol. The van der Waals surface area contributed by atoms with Crippen LogP contribution in [0.1, 0.15) is 40.1 Å². The van der Waals surface area contributed by atoms with Crippen molar-refractivity contribution < 1.29 is 14.3 Å². The third kappa shape index (κ3) is 2.79. The molecule has 0 saturated carbocycles. The number of aliphatic imine (C=N–C) groups is 1. The zero-order valence-electron chi connectivity index (χ0n) is 14.8. The topological polar surface area (TPSA) is 59.0 Å². The van der Waals surface area contributed by atoms with Gasteiger partial charge in [-0.2, -0.15) is 0 Å². The van der Waals surface area contributed by atoms with Gasteiger partial charge in [-0.1, -0.05) is 42.5 Å². The van der Waals surface area contributed by atoms with Gasteiger partial charge in [0.1, 0.15) is 12.6 Å². The van der Waals surface area contributed by atoms with Crippen LogP contribution in [0.15, 0.2) is 59.6 Å². The lowest BCUT2D eigenvalue weighted by Crippen LogP contribution is -2.46. The Hall–Kier alpha value is -2.95. The van der Waals surface area contributed by atoms with Gasteiger partial charge < -0.3 is 4.74 Å². The third-order valence-corrected chi connectivity index (χ3v) is 4.68. The summed E-state index contributed by atoms with van der Waals surface area (Å²) in [5.74, 6) is -0.126. The van der Waals surface area contributed by atoms with E-state index in [1.165, 1.54) is 4.90 Å². The number of nitrogens with zero attached hydrogens (tertiary/aromatic N) is 2. The summed E-state index contributed by atoms with van der Waals surface area (Å²) in [6.45, 7) is 4.39. The van der Waals surface area contributed by atoms with Gasteiger partial charge in [0.25, 0.3) is 11.8 Å². The third-order valence-electron chi connectivity index (χ3n) is 4.68. The van der Waals surface area contributed by atoms with Crippen LogP contribution in [0.5, 0.6) is 0 Å². The fourth-order valence-corrected chi connectivity index (χ4v) is 3.40. The van der Waals surface area contributed by atoms with E-state index in [1.54, 1.807) is 24.3 Å². The first kappa shape index (κ1) is 16.5. The molecule has 5 nitrogen and oxygen atoms in total. The molecule has 0 unspecified atom stereocenters. The summed E-state index contributed by atoms with van der Waals surface area (Å²) >= 11 is 0. The minimum absolute atomic E-state index is 0.289. The van der Waals surface area contributed by atoms with Crippen molar-refractivity contribution in [2.75, 3.05) is 6.61 Å². The molecule has 2 aromatic rings. The molecule has 2 amide bonds. The van der Waals surface area contributed by atoms with Crippen molar-refractivity contribution in [3.05, 3.63) is 71.3 Å². The van der Waals surface area contributed by atoms with Gasteiger partial charge in [-0.25, -0.2) is 4.99 Å². The van der Waals surface area contributed by atoms with Crippen molar-refractivity contribution in [3.8, 4) is 0 Å². The molecule has 0 aromatic heterocycles. The highest BCUT2D eigenvalue weighted by atomic mass is 16.5. The minimum Gasteiger partial charge on any atom is -0.477 e. The van der Waals surface area contributed by atoms with Crippen LogP contribution >= 0.6 is 0 Å². The molecule has 4 rings (SSSR count). The quantitative estimate of drug-likeness (QED) is 0.798. The lowest BCUT2D eigenvalue weighted by Gasteiger charge is -2.25. The Morgan fingerprint density at radius 3 is 2.12 bits per heavy atom. The number of amides is 2. The molecule has 0 radical (unpaired) electrons. The van der Waals surface area contributed by atoms with Crippen LogP contribution in [-0.2, 0) is 11.2 Å². The standard InChI is InChI=1S/C21H20N2O3/c1-21(2)13-26-18(22-21)17(12-14-8-4-3-5-9-14)23-19(24)15-10-6-7-11-16(15)20(23)25/h3-11,17H,12-13H2,1-2H3/t17-/m0/s1. The van der Waals surface area contributed by atoms with Crippen molar-refractivity contribution in [3.63, 3.8) is 0 Å². The van der Waals surface area contributed by atoms with E-state index in [4.69, 9.17) is 4.74 Å². The van der Waals surface area contributed by atoms with Crippen molar-refractivity contribution >= 4 is 17.7 Å². The number of carbonyl (C=O) groups is 2. The van der Waals surface area contributed by atoms with E-state index in [1.807, 2.05) is 44.2 Å². The molecular formula is C21H20N2O3. The van der Waals surface area contributed by atoms with E-state index in [0.29, 0.717) is 30.1 Å². The van der Waals surface area contributed by atoms with Crippen molar-refractivity contribution in [2.24, 2.45) is 4.99 Å². The normalized spacial score (nSPS) is 19.2. The van der Waals surface area contributed by atoms with Gasteiger partial charge in [-0.05, 0) is 31.5 Å². The highest BCUT2D eigenvalue weighted by Gasteiger charge is 2.44. The Kier molecular flexibility index (Phi) is 3.87. The average molecular weight is 348 g/mol. The molecule has 0 saturated heterocycles. The van der Waals surface area contributed by atoms with Crippen LogP contribution in [0.3, 0.4) is 0 Å². The second-order valence-corrected chi connectivity index (χ2v) is 7.28. The van der Waals surface area contributed by atoms with Crippen molar-refractivity contribution in [1.82, 2.24) is 4.90 Å². The minimum atomic E-state index is -0.549. The number of ether oxygens (including phenoxy) is 1. The molecule has 132 valence electrons. The number of carbonyl (C=O) groups excluding carboxylic acids is 2. The van der Waals surface area contributed by atoms with Gasteiger partial charge in [-0.15, -0.1) is 0 Å². The summed E-state index contributed by atoms with van der Waals surface area (Å²) in [6.07, 6.45) is 0.473. The molecular weight excluding hydrogens is 328 g/mol. The molecule has 0 bridgehead atoms. The fraction of sp³-hybridized carbons (Fsp3) is 0.286. The predicted molar refractivity (Wildman–Crippen MR) is 98.3 cm³/mol. The molecule has 1 atom stereocenters. The Morgan fingerprint density at radius 2 is 1.58 bits per heavy atom. The van der Waals surface area contributed by atoms with E-state index >= 15 is 0 Å². The Morgan fingerprint density at radius 1 is 1.00 bits per heavy atom. The van der Waals surface area contributed by atoms with Gasteiger partial charge in [0.05, 0.1) is 16.7 Å². The number of hydrogen-bond donors (Lipinski definition) is 0. The van der Waals surface area contributed by atoms with Gasteiger partial charge in [0, 0.05) is 6.42 Å². The Bertz CT molecular complexity index is 867. The number of hydrogen-bond acceptors (Lipinski definition) is 4. The van der Waals surface area contributed by atoms with Gasteiger partial charge in [0.15, 0.2) is 0 Å². The van der Waals surface area contributed by atoms with Crippen LogP contribution in [0.25, 0.3) is 0 Å². The van der Waals surface area contributed by atoms with E-state index < -0.39 is 6.04 Å². The van der Waals surface area contributed by atoms with Gasteiger partial charge in [-0.3, -0.25) is 14.5 Å². The second-order valence-electron chi connectivity index (χ2n) is 7.28. The summed E-state index contributed by atoms with van der Waals surface area (Å²) in [4.78, 5) is 31.8. The lowest BCUT2D eigenvalue weighted by atomic mass is 10.0. The smallest absolute Gasteiger partial charge is 0.262 e. The molecule has 0 N–H and O–H groups in total. The van der Waals surface area contributed by atoms with Crippen LogP contribution < -0.4 is 0 Å². The maximum Gasteiger partial charge on any atom is 0.262 e. The van der Waals surface area contributed by atoms with E-state index in [-0.39, 0.29) is 17.4 Å². The first-order chi connectivity index (χ1) is 12.5. The van der Waals surface area contributed by atoms with Crippen LogP contribution in [0, 0.1) is 0 Å². The second kappa shape index (κ2) is 6.09. The van der Waals surface area contributed by atoms with Gasteiger partial charge in [0.2, 0.25) is 5.90 Å². The molecule has 2 aliphatic rings. The molecule has 2 heterocycles. The van der Waals surface area contributed by atoms with Crippen molar-refractivity contribution in [1.29, 1.82) is 0 Å². The molecule has 0 fully saturated rings. The predicted octanol–water partition coefficient (Wildman–Crippen LogP) is 3.10. The summed E-state index contributed by atoms with van der Waals surface area (Å²) in [6, 6.07) is 16.1. The largest absolute Gasteiger partial charge is 0.477 e. The van der Waals surface area contributed by atoms with E-state index in [2.05, 4.69) is 4.99 Å². The maximum atomic E-state index is 13.0. The number of benzene rings is 2. The van der Waals surface area contributed by atoms with Crippen LogP contribution in [0.4, 0.5) is 0 Å². The molecule has 2 aliphatic heterocycles. The Balaban J connectivity index is 1.74. The highest BCUT2D eigenvalue weighted by molar-refractivity contribution is 6.22. The number of fused-ring (bicyclic) bond motifs is 1. The summed E-state index contributed by atoms with van der Waals surface area (Å²) in [5, 5.41) is 0. The zero-order valence-corrected chi connectivity index (χ0v) is 14.8. The number of imide groups is 1. The first-order valence-electron chi connectivity index (χ1n) is 8.70. The van der Waals surface area contributed by atoms with Crippen LogP contribution in [0.2, 0.25) is 0 Å². The lowest BCUT2D eigenvalue weighted by molar-refractivity contribution is 0.0611. The first-order valence-corrected chi connectivity index (χ1v) is 8.70. The van der Waals surface area contributed by atoms with Gasteiger partial charge >= 0.3 is 0 Å². The van der Waals surface area contributed by atoms with Crippen LogP contribution in [-0.4, -0.2) is 40.8 Å². The maximum absolute atomic E-state index is 13.0. The molecule has 26 heavy (non-hydrogen) atoms. The fourth-order valence-electron chi connectivity index (χ4n) is 3.40. The summed E-state index contributed by atoms with van der Waals surface area (Å²) in [5.41, 5.74) is 1.54. The average Bonchev–Trinajstić information content (AvgIpc) is 3.12. The SMILES string of the molecule is CC1(C)COC([C@H](Cc2ccccc2)N2C(=O)c3ccccc3C2=O)=N1. The summed E-state index contributed by atoms with van der Waals surface area (Å²) in [7, 11) is 0. The molecule has 0 spiro atoms. The van der Waals surface area contributed by atoms with E-state index in [9.17, 15) is 9.59 Å². The summed E-state index contributed by atoms with van der Waals surface area (Å²) < 4.78 is 5.81. The molecule has 2 aromatic carbocycles. The molecule has 0 aliphatic carbocycles.